The first-order valence-electron chi connectivity index (χ1n) is 9.42. The molecule has 0 unspecified atom stereocenters. The average molecular weight is 437 g/mol. The van der Waals surface area contributed by atoms with Crippen molar-refractivity contribution in [3.05, 3.63) is 63.1 Å². The molecular weight excluding hydrogens is 411 g/mol. The Hall–Kier alpha value is -2.24. The molecule has 0 aromatic heterocycles. The average Bonchev–Trinajstić information content (AvgIpc) is 2.70. The Kier molecular flexibility index (Phi) is 8.35. The monoisotopic (exact) mass is 436 g/mol. The highest BCUT2D eigenvalue weighted by Crippen LogP contribution is 2.27. The lowest BCUT2D eigenvalue weighted by atomic mass is 10.1. The summed E-state index contributed by atoms with van der Waals surface area (Å²) in [5.41, 5.74) is 2.57. The number of rotatable bonds is 8. The van der Waals surface area contributed by atoms with Crippen molar-refractivity contribution in [1.29, 1.82) is 0 Å². The minimum absolute atomic E-state index is 0.111. The van der Waals surface area contributed by atoms with E-state index in [0.29, 0.717) is 27.8 Å². The summed E-state index contributed by atoms with van der Waals surface area (Å²) in [5.74, 6) is 0.0650. The van der Waals surface area contributed by atoms with Crippen molar-refractivity contribution in [3.63, 3.8) is 0 Å². The lowest BCUT2D eigenvalue weighted by Gasteiger charge is -2.30. The molecule has 7 heteroatoms. The Morgan fingerprint density at radius 3 is 2.38 bits per heavy atom. The Labute approximate surface area is 181 Å². The molecule has 0 aliphatic heterocycles. The zero-order valence-corrected chi connectivity index (χ0v) is 18.6. The first-order valence-corrected chi connectivity index (χ1v) is 10.2. The number of hydrogen-bond donors (Lipinski definition) is 1. The fourth-order valence-electron chi connectivity index (χ4n) is 3.03. The standard InChI is InChI=1S/C22H26Cl2N2O3/c1-5-19(22(28)25-4)26(12-16-17(23)7-6-8-18(16)24)21(27)13-29-20-11-14(2)9-10-15(20)3/h6-11,19H,5,12-13H2,1-4H3,(H,25,28)/t19-/m1/s1. The van der Waals surface area contributed by atoms with Gasteiger partial charge in [-0.1, -0.05) is 48.3 Å². The molecule has 2 aromatic carbocycles. The fraction of sp³-hybridized carbons (Fsp3) is 0.364. The van der Waals surface area contributed by atoms with E-state index in [4.69, 9.17) is 27.9 Å². The van der Waals surface area contributed by atoms with Crippen molar-refractivity contribution in [3.8, 4) is 5.75 Å². The maximum atomic E-state index is 13.1. The highest BCUT2D eigenvalue weighted by Gasteiger charge is 2.29. The van der Waals surface area contributed by atoms with Gasteiger partial charge in [-0.15, -0.1) is 0 Å². The second kappa shape index (κ2) is 10.5. The minimum atomic E-state index is -0.665. The molecule has 0 heterocycles. The summed E-state index contributed by atoms with van der Waals surface area (Å²) in [6.45, 7) is 5.64. The highest BCUT2D eigenvalue weighted by atomic mass is 35.5. The zero-order valence-electron chi connectivity index (χ0n) is 17.1. The van der Waals surface area contributed by atoms with E-state index in [1.165, 1.54) is 4.90 Å². The van der Waals surface area contributed by atoms with Crippen molar-refractivity contribution in [1.82, 2.24) is 10.2 Å². The second-order valence-corrected chi connectivity index (χ2v) is 7.63. The maximum absolute atomic E-state index is 13.1. The summed E-state index contributed by atoms with van der Waals surface area (Å²) >= 11 is 12.6. The van der Waals surface area contributed by atoms with Gasteiger partial charge in [0.15, 0.2) is 6.61 Å². The van der Waals surface area contributed by atoms with Crippen LogP contribution < -0.4 is 10.1 Å². The summed E-state index contributed by atoms with van der Waals surface area (Å²) < 4.78 is 5.78. The Balaban J connectivity index is 2.29. The van der Waals surface area contributed by atoms with E-state index in [-0.39, 0.29) is 25.0 Å². The van der Waals surface area contributed by atoms with Gasteiger partial charge >= 0.3 is 0 Å². The summed E-state index contributed by atoms with van der Waals surface area (Å²) in [6.07, 6.45) is 0.441. The number of halogens is 2. The Morgan fingerprint density at radius 2 is 1.79 bits per heavy atom. The van der Waals surface area contributed by atoms with Crippen LogP contribution in [0, 0.1) is 13.8 Å². The SMILES string of the molecule is CC[C@H](C(=O)NC)N(Cc1c(Cl)cccc1Cl)C(=O)COc1cc(C)ccc1C. The molecule has 0 spiro atoms. The van der Waals surface area contributed by atoms with E-state index in [2.05, 4.69) is 5.32 Å². The Morgan fingerprint density at radius 1 is 1.14 bits per heavy atom. The topological polar surface area (TPSA) is 58.6 Å². The number of benzene rings is 2. The van der Waals surface area contributed by atoms with Gasteiger partial charge in [-0.3, -0.25) is 9.59 Å². The number of nitrogens with zero attached hydrogens (tertiary/aromatic N) is 1. The normalized spacial score (nSPS) is 11.7. The van der Waals surface area contributed by atoms with Crippen LogP contribution in [0.25, 0.3) is 0 Å². The maximum Gasteiger partial charge on any atom is 0.261 e. The molecule has 5 nitrogen and oxygen atoms in total. The molecule has 1 atom stereocenters. The molecule has 2 rings (SSSR count). The summed E-state index contributed by atoms with van der Waals surface area (Å²) in [6, 6.07) is 10.3. The van der Waals surface area contributed by atoms with Crippen molar-refractivity contribution in [2.75, 3.05) is 13.7 Å². The van der Waals surface area contributed by atoms with E-state index in [0.717, 1.165) is 11.1 Å². The molecule has 0 saturated carbocycles. The van der Waals surface area contributed by atoms with Crippen LogP contribution in [0.15, 0.2) is 36.4 Å². The van der Waals surface area contributed by atoms with Gasteiger partial charge in [0.1, 0.15) is 11.8 Å². The smallest absolute Gasteiger partial charge is 0.261 e. The van der Waals surface area contributed by atoms with Crippen LogP contribution in [0.5, 0.6) is 5.75 Å². The van der Waals surface area contributed by atoms with E-state index < -0.39 is 6.04 Å². The number of aryl methyl sites for hydroxylation is 2. The molecule has 1 N–H and O–H groups in total. The third-order valence-electron chi connectivity index (χ3n) is 4.72. The molecule has 0 aliphatic carbocycles. The first-order chi connectivity index (χ1) is 13.8. The summed E-state index contributed by atoms with van der Waals surface area (Å²) in [5, 5.41) is 3.50. The molecule has 0 bridgehead atoms. The van der Waals surface area contributed by atoms with Crippen molar-refractivity contribution in [2.24, 2.45) is 0 Å². The number of ether oxygens (including phenoxy) is 1. The van der Waals surface area contributed by atoms with Gasteiger partial charge in [0.05, 0.1) is 0 Å². The molecular formula is C22H26Cl2N2O3. The van der Waals surface area contributed by atoms with E-state index in [1.54, 1.807) is 25.2 Å². The molecule has 156 valence electrons. The largest absolute Gasteiger partial charge is 0.483 e. The summed E-state index contributed by atoms with van der Waals surface area (Å²) in [7, 11) is 1.54. The molecule has 29 heavy (non-hydrogen) atoms. The third kappa shape index (κ3) is 5.87. The van der Waals surface area contributed by atoms with Crippen LogP contribution in [0.3, 0.4) is 0 Å². The van der Waals surface area contributed by atoms with Crippen LogP contribution in [-0.4, -0.2) is 36.4 Å². The summed E-state index contributed by atoms with van der Waals surface area (Å²) in [4.78, 5) is 27.0. The van der Waals surface area contributed by atoms with Crippen LogP contribution >= 0.6 is 23.2 Å². The van der Waals surface area contributed by atoms with Crippen LogP contribution in [-0.2, 0) is 16.1 Å². The lowest BCUT2D eigenvalue weighted by Crippen LogP contribution is -2.49. The number of amides is 2. The molecule has 0 radical (unpaired) electrons. The molecule has 0 aliphatic rings. The van der Waals surface area contributed by atoms with E-state index in [1.807, 2.05) is 39.0 Å². The Bertz CT molecular complexity index is 866. The van der Waals surface area contributed by atoms with Crippen molar-refractivity contribution in [2.45, 2.75) is 39.8 Å². The fourth-order valence-corrected chi connectivity index (χ4v) is 3.54. The second-order valence-electron chi connectivity index (χ2n) is 6.82. The van der Waals surface area contributed by atoms with Gasteiger partial charge in [-0.2, -0.15) is 0 Å². The minimum Gasteiger partial charge on any atom is -0.483 e. The van der Waals surface area contributed by atoms with Crippen LogP contribution in [0.1, 0.15) is 30.0 Å². The van der Waals surface area contributed by atoms with Crippen LogP contribution in [0.2, 0.25) is 10.0 Å². The van der Waals surface area contributed by atoms with E-state index >= 15 is 0 Å². The molecule has 2 aromatic rings. The van der Waals surface area contributed by atoms with Gasteiger partial charge < -0.3 is 15.0 Å². The van der Waals surface area contributed by atoms with Gasteiger partial charge in [-0.05, 0) is 49.6 Å². The van der Waals surface area contributed by atoms with Crippen LogP contribution in [0.4, 0.5) is 0 Å². The molecule has 0 fully saturated rings. The zero-order chi connectivity index (χ0) is 21.6. The molecule has 0 saturated heterocycles. The third-order valence-corrected chi connectivity index (χ3v) is 5.43. The van der Waals surface area contributed by atoms with E-state index in [9.17, 15) is 9.59 Å². The van der Waals surface area contributed by atoms with Gasteiger partial charge in [0, 0.05) is 29.2 Å². The van der Waals surface area contributed by atoms with Gasteiger partial charge in [0.25, 0.3) is 5.91 Å². The predicted molar refractivity (Wildman–Crippen MR) is 117 cm³/mol. The predicted octanol–water partition coefficient (Wildman–Crippen LogP) is 4.54. The number of hydrogen-bond acceptors (Lipinski definition) is 3. The number of nitrogens with one attached hydrogen (secondary N) is 1. The quantitative estimate of drug-likeness (QED) is 0.660. The number of carbonyl (C=O) groups is 2. The number of carbonyl (C=O) groups excluding carboxylic acids is 2. The van der Waals surface area contributed by atoms with Gasteiger partial charge in [-0.25, -0.2) is 0 Å². The first kappa shape index (κ1) is 23.0. The molecule has 2 amide bonds. The van der Waals surface area contributed by atoms with Crippen molar-refractivity contribution < 1.29 is 14.3 Å². The van der Waals surface area contributed by atoms with Gasteiger partial charge in [0.2, 0.25) is 5.91 Å². The lowest BCUT2D eigenvalue weighted by molar-refractivity contribution is -0.142. The number of likely N-dealkylation sites (N-methyl/N-ethyl adjacent to an activating group) is 1. The highest BCUT2D eigenvalue weighted by molar-refractivity contribution is 6.36. The van der Waals surface area contributed by atoms with Crippen molar-refractivity contribution >= 4 is 35.0 Å².